The molecule has 0 aromatic carbocycles. The quantitative estimate of drug-likeness (QED) is 0.623. The molecule has 1 fully saturated rings. The topological polar surface area (TPSA) is 36.4 Å². The Bertz CT molecular complexity index is 171. The summed E-state index contributed by atoms with van der Waals surface area (Å²) in [6.45, 7) is 4.53. The highest BCUT2D eigenvalue weighted by molar-refractivity contribution is 5.82. The average molecular weight is 167 g/mol. The van der Waals surface area contributed by atoms with E-state index < -0.39 is 0 Å². The maximum Gasteiger partial charge on any atom is 0.0966 e. The third-order valence-corrected chi connectivity index (χ3v) is 2.61. The number of nitrogens with one attached hydrogen (secondary N) is 2. The van der Waals surface area contributed by atoms with Gasteiger partial charge in [-0.3, -0.25) is 4.99 Å². The minimum atomic E-state index is 0.828. The predicted octanol–water partition coefficient (Wildman–Crippen LogP) is 0.378. The van der Waals surface area contributed by atoms with Crippen LogP contribution in [0.2, 0.25) is 0 Å². The second-order valence-corrected chi connectivity index (χ2v) is 3.67. The van der Waals surface area contributed by atoms with Crippen molar-refractivity contribution in [2.45, 2.75) is 19.3 Å². The molecule has 2 N–H and O–H groups in total. The summed E-state index contributed by atoms with van der Waals surface area (Å²) in [5.41, 5.74) is 0. The number of rotatable bonds is 2. The summed E-state index contributed by atoms with van der Waals surface area (Å²) >= 11 is 0. The van der Waals surface area contributed by atoms with E-state index in [0.29, 0.717) is 0 Å². The molecule has 0 aromatic heterocycles. The van der Waals surface area contributed by atoms with E-state index in [0.717, 1.165) is 25.4 Å². The van der Waals surface area contributed by atoms with Gasteiger partial charge in [0, 0.05) is 19.5 Å². The van der Waals surface area contributed by atoms with Crippen LogP contribution in [0.1, 0.15) is 19.3 Å². The molecule has 1 unspecified atom stereocenters. The predicted molar refractivity (Wildman–Crippen MR) is 50.5 cm³/mol. The summed E-state index contributed by atoms with van der Waals surface area (Å²) in [5.74, 6) is 2.07. The van der Waals surface area contributed by atoms with Gasteiger partial charge < -0.3 is 10.6 Å². The van der Waals surface area contributed by atoms with E-state index >= 15 is 0 Å². The van der Waals surface area contributed by atoms with Gasteiger partial charge in [-0.2, -0.15) is 0 Å². The fourth-order valence-corrected chi connectivity index (χ4v) is 1.88. The molecule has 12 heavy (non-hydrogen) atoms. The van der Waals surface area contributed by atoms with E-state index in [1.165, 1.54) is 31.8 Å². The number of aliphatic imine (C=N–C) groups is 1. The van der Waals surface area contributed by atoms with Crippen LogP contribution in [-0.2, 0) is 0 Å². The van der Waals surface area contributed by atoms with Gasteiger partial charge in [0.15, 0.2) is 0 Å². The molecule has 0 amide bonds. The van der Waals surface area contributed by atoms with E-state index in [9.17, 15) is 0 Å². The zero-order chi connectivity index (χ0) is 8.23. The van der Waals surface area contributed by atoms with Crippen LogP contribution in [0.5, 0.6) is 0 Å². The number of hydrogen-bond acceptors (Lipinski definition) is 3. The summed E-state index contributed by atoms with van der Waals surface area (Å²) in [7, 11) is 0. The van der Waals surface area contributed by atoms with Gasteiger partial charge in [-0.15, -0.1) is 0 Å². The van der Waals surface area contributed by atoms with Crippen LogP contribution in [0.4, 0.5) is 0 Å². The standard InChI is InChI=1S/C9H17N3/c1-3-11-9(12-4-1)6-8-2-5-10-7-8/h8,10H,1-7H2,(H,11,12). The monoisotopic (exact) mass is 167 g/mol. The zero-order valence-corrected chi connectivity index (χ0v) is 7.47. The molecular weight excluding hydrogens is 150 g/mol. The Kier molecular flexibility index (Phi) is 2.61. The Balaban J connectivity index is 1.80. The van der Waals surface area contributed by atoms with Gasteiger partial charge >= 0.3 is 0 Å². The fraction of sp³-hybridized carbons (Fsp3) is 0.889. The molecule has 0 aliphatic carbocycles. The van der Waals surface area contributed by atoms with Crippen molar-refractivity contribution < 1.29 is 0 Å². The number of hydrogen-bond donors (Lipinski definition) is 2. The molecule has 1 atom stereocenters. The van der Waals surface area contributed by atoms with Crippen LogP contribution < -0.4 is 10.6 Å². The van der Waals surface area contributed by atoms with Crippen LogP contribution in [0.15, 0.2) is 4.99 Å². The lowest BCUT2D eigenvalue weighted by atomic mass is 10.0. The smallest absolute Gasteiger partial charge is 0.0966 e. The molecule has 0 bridgehead atoms. The first-order valence-electron chi connectivity index (χ1n) is 4.93. The normalized spacial score (nSPS) is 29.7. The second kappa shape index (κ2) is 3.90. The molecule has 2 aliphatic heterocycles. The van der Waals surface area contributed by atoms with Gasteiger partial charge in [0.05, 0.1) is 5.84 Å². The van der Waals surface area contributed by atoms with Crippen molar-refractivity contribution >= 4 is 5.84 Å². The Hall–Kier alpha value is -0.570. The van der Waals surface area contributed by atoms with E-state index in [4.69, 9.17) is 0 Å². The van der Waals surface area contributed by atoms with E-state index in [1.807, 2.05) is 0 Å². The van der Waals surface area contributed by atoms with Crippen LogP contribution in [-0.4, -0.2) is 32.0 Å². The van der Waals surface area contributed by atoms with Crippen molar-refractivity contribution in [2.75, 3.05) is 26.2 Å². The minimum Gasteiger partial charge on any atom is -0.374 e. The molecule has 2 heterocycles. The second-order valence-electron chi connectivity index (χ2n) is 3.67. The van der Waals surface area contributed by atoms with Gasteiger partial charge in [0.1, 0.15) is 0 Å². The van der Waals surface area contributed by atoms with Gasteiger partial charge in [0.25, 0.3) is 0 Å². The Morgan fingerprint density at radius 1 is 1.42 bits per heavy atom. The van der Waals surface area contributed by atoms with E-state index in [-0.39, 0.29) is 0 Å². The fourth-order valence-electron chi connectivity index (χ4n) is 1.88. The van der Waals surface area contributed by atoms with Gasteiger partial charge in [0.2, 0.25) is 0 Å². The maximum atomic E-state index is 4.47. The van der Waals surface area contributed by atoms with Gasteiger partial charge in [-0.05, 0) is 31.8 Å². The van der Waals surface area contributed by atoms with Crippen LogP contribution in [0, 0.1) is 5.92 Å². The first-order chi connectivity index (χ1) is 5.95. The molecular formula is C9H17N3. The highest BCUT2D eigenvalue weighted by Gasteiger charge is 2.17. The highest BCUT2D eigenvalue weighted by atomic mass is 15.0. The molecule has 2 rings (SSSR count). The molecule has 3 heteroatoms. The maximum absolute atomic E-state index is 4.47. The van der Waals surface area contributed by atoms with E-state index in [2.05, 4.69) is 15.6 Å². The summed E-state index contributed by atoms with van der Waals surface area (Å²) in [6, 6.07) is 0. The number of nitrogens with zero attached hydrogens (tertiary/aromatic N) is 1. The highest BCUT2D eigenvalue weighted by Crippen LogP contribution is 2.12. The Labute approximate surface area is 73.6 Å². The third-order valence-electron chi connectivity index (χ3n) is 2.61. The first kappa shape index (κ1) is 8.05. The molecule has 0 saturated carbocycles. The lowest BCUT2D eigenvalue weighted by Gasteiger charge is -2.16. The number of amidine groups is 1. The van der Waals surface area contributed by atoms with Crippen molar-refractivity contribution in [2.24, 2.45) is 10.9 Å². The van der Waals surface area contributed by atoms with Crippen molar-refractivity contribution in [3.63, 3.8) is 0 Å². The Morgan fingerprint density at radius 2 is 2.42 bits per heavy atom. The van der Waals surface area contributed by atoms with Gasteiger partial charge in [-0.25, -0.2) is 0 Å². The van der Waals surface area contributed by atoms with E-state index in [1.54, 1.807) is 0 Å². The van der Waals surface area contributed by atoms with Crippen LogP contribution in [0.25, 0.3) is 0 Å². The zero-order valence-electron chi connectivity index (χ0n) is 7.47. The first-order valence-corrected chi connectivity index (χ1v) is 4.93. The van der Waals surface area contributed by atoms with Crippen molar-refractivity contribution in [1.29, 1.82) is 0 Å². The molecule has 0 spiro atoms. The van der Waals surface area contributed by atoms with Crippen LogP contribution in [0.3, 0.4) is 0 Å². The third kappa shape index (κ3) is 1.97. The Morgan fingerprint density at radius 3 is 3.08 bits per heavy atom. The lowest BCUT2D eigenvalue weighted by molar-refractivity contribution is 0.587. The van der Waals surface area contributed by atoms with Crippen molar-refractivity contribution in [3.05, 3.63) is 0 Å². The molecule has 68 valence electrons. The van der Waals surface area contributed by atoms with Gasteiger partial charge in [-0.1, -0.05) is 0 Å². The minimum absolute atomic E-state index is 0.828. The molecule has 3 nitrogen and oxygen atoms in total. The van der Waals surface area contributed by atoms with Crippen molar-refractivity contribution in [3.8, 4) is 0 Å². The van der Waals surface area contributed by atoms with Crippen LogP contribution >= 0.6 is 0 Å². The summed E-state index contributed by atoms with van der Waals surface area (Å²) < 4.78 is 0. The summed E-state index contributed by atoms with van der Waals surface area (Å²) in [6.07, 6.45) is 3.68. The molecule has 0 radical (unpaired) electrons. The lowest BCUT2D eigenvalue weighted by Crippen LogP contribution is -2.31. The molecule has 0 aromatic rings. The molecule has 1 saturated heterocycles. The summed E-state index contributed by atoms with van der Waals surface area (Å²) in [5, 5.41) is 6.75. The van der Waals surface area contributed by atoms with Crippen molar-refractivity contribution in [1.82, 2.24) is 10.6 Å². The summed E-state index contributed by atoms with van der Waals surface area (Å²) in [4.78, 5) is 4.47. The largest absolute Gasteiger partial charge is 0.374 e. The SMILES string of the molecule is C1CN=C(CC2CCNC2)NC1. The molecule has 2 aliphatic rings. The average Bonchev–Trinajstić information content (AvgIpc) is 2.59.